The minimum absolute atomic E-state index is 0.547. The summed E-state index contributed by atoms with van der Waals surface area (Å²) in [6, 6.07) is 10.2. The molecule has 2 aromatic rings. The molecule has 0 saturated carbocycles. The van der Waals surface area contributed by atoms with Gasteiger partial charge in [0.15, 0.2) is 0 Å². The number of nitrogens with one attached hydrogen (secondary N) is 2. The van der Waals surface area contributed by atoms with Crippen molar-refractivity contribution >= 4 is 17.5 Å². The first-order valence-electron chi connectivity index (χ1n) is 10.3. The van der Waals surface area contributed by atoms with Gasteiger partial charge in [-0.1, -0.05) is 12.5 Å². The molecule has 2 atom stereocenters. The molecule has 2 N–H and O–H groups in total. The van der Waals surface area contributed by atoms with Crippen molar-refractivity contribution in [3.8, 4) is 6.07 Å². The van der Waals surface area contributed by atoms with Crippen LogP contribution in [-0.2, 0) is 0 Å². The van der Waals surface area contributed by atoms with Crippen molar-refractivity contribution in [1.82, 2.24) is 14.9 Å². The van der Waals surface area contributed by atoms with Crippen molar-refractivity contribution in [2.75, 3.05) is 30.3 Å². The van der Waals surface area contributed by atoms with Gasteiger partial charge in [0.2, 0.25) is 5.95 Å². The van der Waals surface area contributed by atoms with Crippen molar-refractivity contribution in [1.29, 1.82) is 5.26 Å². The van der Waals surface area contributed by atoms with Crippen LogP contribution in [0, 0.1) is 24.2 Å². The van der Waals surface area contributed by atoms with E-state index in [2.05, 4.69) is 31.6 Å². The molecule has 2 aliphatic rings. The lowest BCUT2D eigenvalue weighted by molar-refractivity contribution is 0.0649. The topological polar surface area (TPSA) is 76.9 Å². The van der Waals surface area contributed by atoms with Crippen LogP contribution in [0.3, 0.4) is 0 Å². The third-order valence-corrected chi connectivity index (χ3v) is 5.98. The maximum atomic E-state index is 9.06. The van der Waals surface area contributed by atoms with Crippen LogP contribution in [0.25, 0.3) is 0 Å². The lowest BCUT2D eigenvalue weighted by Gasteiger charge is -2.44. The fourth-order valence-corrected chi connectivity index (χ4v) is 4.52. The minimum atomic E-state index is 0.547. The summed E-state index contributed by atoms with van der Waals surface area (Å²) in [5.74, 6) is 2.13. The minimum Gasteiger partial charge on any atom is -0.369 e. The molecule has 2 aliphatic heterocycles. The van der Waals surface area contributed by atoms with Gasteiger partial charge in [-0.3, -0.25) is 0 Å². The van der Waals surface area contributed by atoms with Gasteiger partial charge in [0.1, 0.15) is 5.82 Å². The van der Waals surface area contributed by atoms with Crippen molar-refractivity contribution in [3.05, 3.63) is 41.6 Å². The highest BCUT2D eigenvalue weighted by Gasteiger charge is 2.32. The van der Waals surface area contributed by atoms with Gasteiger partial charge >= 0.3 is 0 Å². The van der Waals surface area contributed by atoms with Crippen LogP contribution < -0.4 is 10.6 Å². The van der Waals surface area contributed by atoms with E-state index in [1.807, 2.05) is 25.3 Å². The quantitative estimate of drug-likeness (QED) is 0.819. The molecule has 146 valence electrons. The molecule has 0 radical (unpaired) electrons. The fraction of sp³-hybridized carbons (Fsp3) is 0.500. The number of nitrogens with zero attached hydrogens (tertiary/aromatic N) is 4. The fourth-order valence-electron chi connectivity index (χ4n) is 4.52. The van der Waals surface area contributed by atoms with Crippen LogP contribution in [0.4, 0.5) is 17.5 Å². The molecule has 2 fully saturated rings. The molecule has 0 bridgehead atoms. The Bertz CT molecular complexity index is 856. The van der Waals surface area contributed by atoms with Gasteiger partial charge < -0.3 is 15.5 Å². The molecule has 3 heterocycles. The molecular weight excluding hydrogens is 348 g/mol. The van der Waals surface area contributed by atoms with Gasteiger partial charge in [-0.05, 0) is 69.8 Å². The maximum absolute atomic E-state index is 9.06. The Morgan fingerprint density at radius 2 is 2.11 bits per heavy atom. The number of anilines is 3. The smallest absolute Gasteiger partial charge is 0.229 e. The first kappa shape index (κ1) is 18.7. The van der Waals surface area contributed by atoms with Crippen molar-refractivity contribution in [3.63, 3.8) is 0 Å². The zero-order valence-corrected chi connectivity index (χ0v) is 16.5. The van der Waals surface area contributed by atoms with Gasteiger partial charge in [0.25, 0.3) is 0 Å². The van der Waals surface area contributed by atoms with Crippen LogP contribution in [-0.4, -0.2) is 40.5 Å². The van der Waals surface area contributed by atoms with E-state index in [-0.39, 0.29) is 0 Å². The second kappa shape index (κ2) is 8.57. The summed E-state index contributed by atoms with van der Waals surface area (Å²) < 4.78 is 0. The molecule has 6 nitrogen and oxygen atoms in total. The molecule has 28 heavy (non-hydrogen) atoms. The van der Waals surface area contributed by atoms with E-state index < -0.39 is 0 Å². The number of piperidine rings is 2. The standard InChI is InChI=1S/C22H28N6/c1-16-14-25-22(26-19-8-4-6-17(12-19)13-23)27-21(16)24-15-18-7-5-11-28-10-3-2-9-20(18)28/h4,6,8,12,14,18,20H,2-3,5,7,9-11,15H2,1H3,(H2,24,25,26,27). The summed E-state index contributed by atoms with van der Waals surface area (Å²) in [6.45, 7) is 5.53. The Hall–Kier alpha value is -2.65. The third kappa shape index (κ3) is 4.26. The molecule has 2 saturated heterocycles. The van der Waals surface area contributed by atoms with E-state index in [0.29, 0.717) is 17.4 Å². The summed E-state index contributed by atoms with van der Waals surface area (Å²) in [5, 5.41) is 15.9. The van der Waals surface area contributed by atoms with Crippen molar-refractivity contribution in [2.24, 2.45) is 5.92 Å². The monoisotopic (exact) mass is 376 g/mol. The number of hydrogen-bond acceptors (Lipinski definition) is 6. The van der Waals surface area contributed by atoms with E-state index >= 15 is 0 Å². The molecule has 2 unspecified atom stereocenters. The molecular formula is C22H28N6. The second-order valence-electron chi connectivity index (χ2n) is 7.93. The number of fused-ring (bicyclic) bond motifs is 1. The van der Waals surface area contributed by atoms with Crippen molar-refractivity contribution in [2.45, 2.75) is 45.1 Å². The first-order chi connectivity index (χ1) is 13.7. The van der Waals surface area contributed by atoms with E-state index in [4.69, 9.17) is 5.26 Å². The highest BCUT2D eigenvalue weighted by molar-refractivity contribution is 5.58. The van der Waals surface area contributed by atoms with E-state index in [1.165, 1.54) is 45.2 Å². The number of aromatic nitrogens is 2. The number of benzene rings is 1. The van der Waals surface area contributed by atoms with Gasteiger partial charge in [-0.2, -0.15) is 10.2 Å². The number of nitriles is 1. The Labute approximate surface area is 167 Å². The van der Waals surface area contributed by atoms with E-state index in [9.17, 15) is 0 Å². The second-order valence-corrected chi connectivity index (χ2v) is 7.93. The van der Waals surface area contributed by atoms with Crippen LogP contribution >= 0.6 is 0 Å². The van der Waals surface area contributed by atoms with Gasteiger partial charge in [0, 0.05) is 30.0 Å². The van der Waals surface area contributed by atoms with Crippen LogP contribution in [0.15, 0.2) is 30.5 Å². The van der Waals surface area contributed by atoms with E-state index in [0.717, 1.165) is 29.7 Å². The Morgan fingerprint density at radius 3 is 3.00 bits per heavy atom. The summed E-state index contributed by atoms with van der Waals surface area (Å²) in [6.07, 6.45) is 8.48. The summed E-state index contributed by atoms with van der Waals surface area (Å²) in [4.78, 5) is 11.8. The molecule has 0 spiro atoms. The average Bonchev–Trinajstić information content (AvgIpc) is 2.74. The van der Waals surface area contributed by atoms with Crippen LogP contribution in [0.2, 0.25) is 0 Å². The summed E-state index contributed by atoms with van der Waals surface area (Å²) in [7, 11) is 0. The lowest BCUT2D eigenvalue weighted by atomic mass is 9.83. The van der Waals surface area contributed by atoms with Gasteiger partial charge in [-0.25, -0.2) is 4.98 Å². The Kier molecular flexibility index (Phi) is 5.73. The maximum Gasteiger partial charge on any atom is 0.229 e. The lowest BCUT2D eigenvalue weighted by Crippen LogP contribution is -2.49. The molecule has 0 amide bonds. The normalized spacial score (nSPS) is 22.1. The Morgan fingerprint density at radius 1 is 1.21 bits per heavy atom. The summed E-state index contributed by atoms with van der Waals surface area (Å²) in [5.41, 5.74) is 2.48. The molecule has 6 heteroatoms. The molecule has 1 aromatic carbocycles. The zero-order valence-electron chi connectivity index (χ0n) is 16.5. The van der Waals surface area contributed by atoms with Crippen LogP contribution in [0.1, 0.15) is 43.2 Å². The predicted octanol–water partition coefficient (Wildman–Crippen LogP) is 4.08. The Balaban J connectivity index is 1.43. The number of aryl methyl sites for hydroxylation is 1. The first-order valence-corrected chi connectivity index (χ1v) is 10.3. The largest absolute Gasteiger partial charge is 0.369 e. The van der Waals surface area contributed by atoms with Crippen molar-refractivity contribution < 1.29 is 0 Å². The third-order valence-electron chi connectivity index (χ3n) is 5.98. The summed E-state index contributed by atoms with van der Waals surface area (Å²) >= 11 is 0. The van der Waals surface area contributed by atoms with Crippen LogP contribution in [0.5, 0.6) is 0 Å². The SMILES string of the molecule is Cc1cnc(Nc2cccc(C#N)c2)nc1NCC1CCCN2CCCCC12. The predicted molar refractivity (Wildman–Crippen MR) is 112 cm³/mol. The highest BCUT2D eigenvalue weighted by Crippen LogP contribution is 2.31. The molecule has 1 aromatic heterocycles. The van der Waals surface area contributed by atoms with Gasteiger partial charge in [-0.15, -0.1) is 0 Å². The number of rotatable bonds is 5. The zero-order chi connectivity index (χ0) is 19.3. The van der Waals surface area contributed by atoms with E-state index in [1.54, 1.807) is 12.1 Å². The average molecular weight is 377 g/mol. The molecule has 4 rings (SSSR count). The molecule has 0 aliphatic carbocycles. The highest BCUT2D eigenvalue weighted by atomic mass is 15.2. The van der Waals surface area contributed by atoms with Gasteiger partial charge in [0.05, 0.1) is 11.6 Å². The number of hydrogen-bond donors (Lipinski definition) is 2.